The standard InChI is InChI=1S/C18H26FN3O2S/c1-12(2)20-18(24)21(4)10-5-11-22-16(23)13(3)25-17(22)14-6-8-15(19)9-7-14/h6-9,12-13,17H,5,10-11H2,1-4H3,(H,20,24)/t13-,17-/m1/s1. The van der Waals surface area contributed by atoms with Crippen LogP contribution in [-0.4, -0.2) is 53.2 Å². The fraction of sp³-hybridized carbons (Fsp3) is 0.556. The van der Waals surface area contributed by atoms with Crippen LogP contribution in [-0.2, 0) is 4.79 Å². The number of halogens is 1. The predicted octanol–water partition coefficient (Wildman–Crippen LogP) is 3.23. The average Bonchev–Trinajstić information content (AvgIpc) is 2.83. The van der Waals surface area contributed by atoms with E-state index in [0.29, 0.717) is 19.5 Å². The fourth-order valence-electron chi connectivity index (χ4n) is 2.72. The topological polar surface area (TPSA) is 52.7 Å². The Morgan fingerprint density at radius 1 is 1.36 bits per heavy atom. The van der Waals surface area contributed by atoms with Gasteiger partial charge in [0.05, 0.1) is 5.25 Å². The largest absolute Gasteiger partial charge is 0.336 e. The van der Waals surface area contributed by atoms with Crippen LogP contribution in [0.25, 0.3) is 0 Å². The summed E-state index contributed by atoms with van der Waals surface area (Å²) in [7, 11) is 1.75. The van der Waals surface area contributed by atoms with Gasteiger partial charge in [0.15, 0.2) is 0 Å². The number of hydrogen-bond donors (Lipinski definition) is 1. The number of urea groups is 1. The molecule has 1 N–H and O–H groups in total. The first-order valence-electron chi connectivity index (χ1n) is 8.52. The highest BCUT2D eigenvalue weighted by Crippen LogP contribution is 2.42. The second-order valence-electron chi connectivity index (χ2n) is 6.59. The predicted molar refractivity (Wildman–Crippen MR) is 98.8 cm³/mol. The van der Waals surface area contributed by atoms with Gasteiger partial charge in [-0.1, -0.05) is 12.1 Å². The van der Waals surface area contributed by atoms with Gasteiger partial charge >= 0.3 is 6.03 Å². The minimum absolute atomic E-state index is 0.0913. The summed E-state index contributed by atoms with van der Waals surface area (Å²) in [6.07, 6.45) is 0.693. The average molecular weight is 367 g/mol. The molecule has 7 heteroatoms. The Balaban J connectivity index is 1.95. The zero-order chi connectivity index (χ0) is 18.6. The molecule has 1 aromatic carbocycles. The van der Waals surface area contributed by atoms with E-state index in [0.717, 1.165) is 5.56 Å². The molecule has 1 aliphatic heterocycles. The summed E-state index contributed by atoms with van der Waals surface area (Å²) in [6, 6.07) is 6.29. The molecule has 0 radical (unpaired) electrons. The zero-order valence-corrected chi connectivity index (χ0v) is 16.0. The van der Waals surface area contributed by atoms with Crippen LogP contribution >= 0.6 is 11.8 Å². The second kappa shape index (κ2) is 8.56. The number of carbonyl (C=O) groups excluding carboxylic acids is 2. The number of nitrogens with zero attached hydrogens (tertiary/aromatic N) is 2. The maximum atomic E-state index is 13.2. The van der Waals surface area contributed by atoms with Gasteiger partial charge in [-0.15, -0.1) is 11.8 Å². The van der Waals surface area contributed by atoms with Crippen LogP contribution in [0.4, 0.5) is 9.18 Å². The molecule has 25 heavy (non-hydrogen) atoms. The minimum atomic E-state index is -0.282. The van der Waals surface area contributed by atoms with Crippen molar-refractivity contribution in [2.75, 3.05) is 20.1 Å². The van der Waals surface area contributed by atoms with Crippen LogP contribution in [0.15, 0.2) is 24.3 Å². The summed E-state index contributed by atoms with van der Waals surface area (Å²) in [4.78, 5) is 27.8. The van der Waals surface area contributed by atoms with Crippen molar-refractivity contribution in [1.29, 1.82) is 0 Å². The van der Waals surface area contributed by atoms with Crippen molar-refractivity contribution in [2.45, 2.75) is 43.9 Å². The van der Waals surface area contributed by atoms with Crippen molar-refractivity contribution in [1.82, 2.24) is 15.1 Å². The Bertz CT molecular complexity index is 609. The van der Waals surface area contributed by atoms with Crippen molar-refractivity contribution in [3.8, 4) is 0 Å². The Hall–Kier alpha value is -1.76. The lowest BCUT2D eigenvalue weighted by atomic mass is 10.2. The van der Waals surface area contributed by atoms with E-state index in [1.807, 2.05) is 25.7 Å². The smallest absolute Gasteiger partial charge is 0.317 e. The third-order valence-corrected chi connectivity index (χ3v) is 5.45. The molecule has 1 aromatic rings. The highest BCUT2D eigenvalue weighted by atomic mass is 32.2. The third kappa shape index (κ3) is 5.11. The van der Waals surface area contributed by atoms with E-state index in [1.54, 1.807) is 35.8 Å². The normalized spacial score (nSPS) is 20.2. The first-order chi connectivity index (χ1) is 11.8. The van der Waals surface area contributed by atoms with Crippen LogP contribution in [0.5, 0.6) is 0 Å². The summed E-state index contributed by atoms with van der Waals surface area (Å²) in [5.74, 6) is -0.191. The Morgan fingerprint density at radius 2 is 2.00 bits per heavy atom. The molecule has 0 unspecified atom stereocenters. The van der Waals surface area contributed by atoms with Crippen LogP contribution in [0.3, 0.4) is 0 Å². The molecule has 3 amide bonds. The van der Waals surface area contributed by atoms with Crippen molar-refractivity contribution < 1.29 is 14.0 Å². The quantitative estimate of drug-likeness (QED) is 0.840. The van der Waals surface area contributed by atoms with Crippen LogP contribution in [0.1, 0.15) is 38.1 Å². The lowest BCUT2D eigenvalue weighted by molar-refractivity contribution is -0.129. The SMILES string of the molecule is CC(C)NC(=O)N(C)CCCN1C(=O)[C@@H](C)S[C@@H]1c1ccc(F)cc1. The number of carbonyl (C=O) groups is 2. The maximum absolute atomic E-state index is 13.2. The van der Waals surface area contributed by atoms with Crippen LogP contribution in [0.2, 0.25) is 0 Å². The first kappa shape index (κ1) is 19.6. The molecule has 0 saturated carbocycles. The summed E-state index contributed by atoms with van der Waals surface area (Å²) in [5.41, 5.74) is 0.926. The van der Waals surface area contributed by atoms with Crippen molar-refractivity contribution in [3.63, 3.8) is 0 Å². The number of thioether (sulfide) groups is 1. The first-order valence-corrected chi connectivity index (χ1v) is 9.47. The van der Waals surface area contributed by atoms with Crippen molar-refractivity contribution >= 4 is 23.7 Å². The molecular formula is C18H26FN3O2S. The molecule has 0 bridgehead atoms. The van der Waals surface area contributed by atoms with Crippen LogP contribution < -0.4 is 5.32 Å². The van der Waals surface area contributed by atoms with Gasteiger partial charge in [0, 0.05) is 26.2 Å². The molecule has 2 rings (SSSR count). The van der Waals surface area contributed by atoms with Gasteiger partial charge < -0.3 is 15.1 Å². The molecule has 138 valence electrons. The Kier molecular flexibility index (Phi) is 6.70. The number of nitrogens with one attached hydrogen (secondary N) is 1. The van der Waals surface area contributed by atoms with Crippen molar-refractivity contribution in [3.05, 3.63) is 35.6 Å². The maximum Gasteiger partial charge on any atom is 0.317 e. The van der Waals surface area contributed by atoms with E-state index in [9.17, 15) is 14.0 Å². The fourth-order valence-corrected chi connectivity index (χ4v) is 4.03. The Morgan fingerprint density at radius 3 is 2.60 bits per heavy atom. The zero-order valence-electron chi connectivity index (χ0n) is 15.2. The second-order valence-corrected chi connectivity index (χ2v) is 8.02. The molecule has 0 spiro atoms. The lowest BCUT2D eigenvalue weighted by Crippen LogP contribution is -2.42. The third-order valence-electron chi connectivity index (χ3n) is 4.05. The van der Waals surface area contributed by atoms with E-state index >= 15 is 0 Å². The molecule has 5 nitrogen and oxygen atoms in total. The van der Waals surface area contributed by atoms with Gasteiger partial charge in [-0.05, 0) is 44.9 Å². The molecule has 1 saturated heterocycles. The summed E-state index contributed by atoms with van der Waals surface area (Å²) < 4.78 is 13.2. The minimum Gasteiger partial charge on any atom is -0.336 e. The summed E-state index contributed by atoms with van der Waals surface area (Å²) >= 11 is 1.58. The molecule has 2 atom stereocenters. The van der Waals surface area contributed by atoms with Gasteiger partial charge in [-0.3, -0.25) is 4.79 Å². The van der Waals surface area contributed by atoms with Crippen molar-refractivity contribution in [2.24, 2.45) is 0 Å². The van der Waals surface area contributed by atoms with E-state index < -0.39 is 0 Å². The number of amides is 3. The van der Waals surface area contributed by atoms with E-state index in [4.69, 9.17) is 0 Å². The number of rotatable bonds is 6. The molecule has 1 fully saturated rings. The molecule has 0 aliphatic carbocycles. The van der Waals surface area contributed by atoms with Gasteiger partial charge in [-0.2, -0.15) is 0 Å². The number of benzene rings is 1. The van der Waals surface area contributed by atoms with E-state index in [-0.39, 0.29) is 34.4 Å². The van der Waals surface area contributed by atoms with Gasteiger partial charge in [0.2, 0.25) is 5.91 Å². The highest BCUT2D eigenvalue weighted by Gasteiger charge is 2.38. The molecule has 1 aliphatic rings. The Labute approximate surface area is 152 Å². The molecule has 0 aromatic heterocycles. The lowest BCUT2D eigenvalue weighted by Gasteiger charge is -2.26. The van der Waals surface area contributed by atoms with E-state index in [1.165, 1.54) is 12.1 Å². The van der Waals surface area contributed by atoms with Crippen LogP contribution in [0, 0.1) is 5.82 Å². The monoisotopic (exact) mass is 367 g/mol. The molecule has 1 heterocycles. The highest BCUT2D eigenvalue weighted by molar-refractivity contribution is 8.01. The summed E-state index contributed by atoms with van der Waals surface area (Å²) in [5, 5.41) is 2.63. The van der Waals surface area contributed by atoms with Gasteiger partial charge in [0.25, 0.3) is 0 Å². The van der Waals surface area contributed by atoms with E-state index in [2.05, 4.69) is 5.32 Å². The van der Waals surface area contributed by atoms with Gasteiger partial charge in [0.1, 0.15) is 11.2 Å². The number of hydrogen-bond acceptors (Lipinski definition) is 3. The van der Waals surface area contributed by atoms with Gasteiger partial charge in [-0.25, -0.2) is 9.18 Å². The summed E-state index contributed by atoms with van der Waals surface area (Å²) in [6.45, 7) is 6.86. The molecular weight excluding hydrogens is 341 g/mol.